The Bertz CT molecular complexity index is 390. The number of methoxy groups -OCH3 is 1. The van der Waals surface area contributed by atoms with E-state index in [0.717, 1.165) is 23.8 Å². The van der Waals surface area contributed by atoms with Gasteiger partial charge in [-0.3, -0.25) is 4.79 Å². The van der Waals surface area contributed by atoms with Crippen LogP contribution in [0.4, 0.5) is 0 Å². The number of nitrogens with zero attached hydrogens (tertiary/aromatic N) is 1. The van der Waals surface area contributed by atoms with Crippen LogP contribution in [0.1, 0.15) is 23.7 Å². The quantitative estimate of drug-likeness (QED) is 0.812. The van der Waals surface area contributed by atoms with Gasteiger partial charge in [0.1, 0.15) is 11.1 Å². The number of hydrogen-bond acceptors (Lipinski definition) is 5. The smallest absolute Gasteiger partial charge is 0.226 e. The van der Waals surface area contributed by atoms with Gasteiger partial charge in [0, 0.05) is 25.6 Å². The van der Waals surface area contributed by atoms with Crippen LogP contribution < -0.4 is 10.6 Å². The molecule has 2 rings (SSSR count). The minimum absolute atomic E-state index is 0.0142. The molecular formula is C11H17N3O2S. The van der Waals surface area contributed by atoms with Gasteiger partial charge in [-0.1, -0.05) is 0 Å². The Morgan fingerprint density at radius 2 is 2.53 bits per heavy atom. The number of rotatable bonds is 5. The summed E-state index contributed by atoms with van der Waals surface area (Å²) >= 11 is 1.56. The molecule has 1 fully saturated rings. The van der Waals surface area contributed by atoms with Crippen molar-refractivity contribution in [2.45, 2.75) is 19.6 Å². The molecule has 6 heteroatoms. The average Bonchev–Trinajstić information content (AvgIpc) is 2.71. The first kappa shape index (κ1) is 12.5. The number of nitrogens with one attached hydrogen (secondary N) is 2. The summed E-state index contributed by atoms with van der Waals surface area (Å²) in [4.78, 5) is 16.0. The molecule has 94 valence electrons. The topological polar surface area (TPSA) is 63.2 Å². The Morgan fingerprint density at radius 3 is 3.12 bits per heavy atom. The molecule has 1 aliphatic rings. The molecule has 0 radical (unpaired) electrons. The normalized spacial score (nSPS) is 17.5. The zero-order valence-electron chi connectivity index (χ0n) is 10.0. The number of hydrogen-bond donors (Lipinski definition) is 2. The molecule has 1 aromatic rings. The molecule has 1 aliphatic heterocycles. The van der Waals surface area contributed by atoms with Gasteiger partial charge in [0.25, 0.3) is 0 Å². The van der Waals surface area contributed by atoms with E-state index in [1.165, 1.54) is 0 Å². The fraction of sp³-hybridized carbons (Fsp3) is 0.636. The molecule has 0 saturated carbocycles. The van der Waals surface area contributed by atoms with E-state index in [1.54, 1.807) is 18.4 Å². The van der Waals surface area contributed by atoms with E-state index in [9.17, 15) is 4.79 Å². The number of carbonyl (C=O) groups is 1. The van der Waals surface area contributed by atoms with E-state index < -0.39 is 0 Å². The van der Waals surface area contributed by atoms with Crippen molar-refractivity contribution in [1.82, 2.24) is 15.6 Å². The lowest BCUT2D eigenvalue weighted by molar-refractivity contribution is -0.126. The van der Waals surface area contributed by atoms with Gasteiger partial charge in [-0.25, -0.2) is 4.98 Å². The summed E-state index contributed by atoms with van der Waals surface area (Å²) in [6.45, 7) is 4.03. The Kier molecular flexibility index (Phi) is 4.09. The van der Waals surface area contributed by atoms with Crippen molar-refractivity contribution >= 4 is 17.2 Å². The Balaban J connectivity index is 1.82. The number of carbonyl (C=O) groups excluding carboxylic acids is 1. The maximum absolute atomic E-state index is 11.6. The van der Waals surface area contributed by atoms with Crippen molar-refractivity contribution in [3.8, 4) is 0 Å². The van der Waals surface area contributed by atoms with Crippen molar-refractivity contribution in [2.75, 3.05) is 20.2 Å². The summed E-state index contributed by atoms with van der Waals surface area (Å²) in [7, 11) is 1.66. The van der Waals surface area contributed by atoms with Gasteiger partial charge in [-0.15, -0.1) is 11.3 Å². The minimum atomic E-state index is 0.0142. The van der Waals surface area contributed by atoms with Crippen LogP contribution >= 0.6 is 11.3 Å². The number of amides is 1. The molecule has 2 heterocycles. The van der Waals surface area contributed by atoms with Crippen LogP contribution in [-0.2, 0) is 16.1 Å². The fourth-order valence-electron chi connectivity index (χ4n) is 1.49. The van der Waals surface area contributed by atoms with E-state index in [2.05, 4.69) is 15.6 Å². The largest absolute Gasteiger partial charge is 0.375 e. The van der Waals surface area contributed by atoms with Gasteiger partial charge < -0.3 is 15.4 Å². The highest BCUT2D eigenvalue weighted by atomic mass is 32.1. The van der Waals surface area contributed by atoms with Crippen LogP contribution in [0, 0.1) is 5.92 Å². The van der Waals surface area contributed by atoms with E-state index in [4.69, 9.17) is 4.74 Å². The number of thiazole rings is 1. The third kappa shape index (κ3) is 3.02. The second-order valence-corrected chi connectivity index (χ2v) is 5.02. The summed E-state index contributed by atoms with van der Waals surface area (Å²) in [5, 5.41) is 8.88. The van der Waals surface area contributed by atoms with E-state index in [0.29, 0.717) is 6.54 Å². The van der Waals surface area contributed by atoms with Crippen LogP contribution in [0.3, 0.4) is 0 Å². The van der Waals surface area contributed by atoms with E-state index >= 15 is 0 Å². The maximum Gasteiger partial charge on any atom is 0.226 e. The highest BCUT2D eigenvalue weighted by molar-refractivity contribution is 7.09. The van der Waals surface area contributed by atoms with Crippen molar-refractivity contribution in [3.63, 3.8) is 0 Å². The molecule has 0 aliphatic carbocycles. The van der Waals surface area contributed by atoms with Gasteiger partial charge >= 0.3 is 0 Å². The predicted octanol–water partition coefficient (Wildman–Crippen LogP) is 0.686. The molecule has 1 unspecified atom stereocenters. The van der Waals surface area contributed by atoms with Crippen LogP contribution in [0.25, 0.3) is 0 Å². The van der Waals surface area contributed by atoms with Gasteiger partial charge in [0.05, 0.1) is 18.2 Å². The number of ether oxygens (including phenoxy) is 1. The lowest BCUT2D eigenvalue weighted by Crippen LogP contribution is -2.50. The molecule has 0 aromatic carbocycles. The SMILES string of the molecule is COC(C)c1nc(CNC(=O)C2CNC2)cs1. The van der Waals surface area contributed by atoms with Gasteiger partial charge in [0.2, 0.25) is 5.91 Å². The molecular weight excluding hydrogens is 238 g/mol. The molecule has 5 nitrogen and oxygen atoms in total. The summed E-state index contributed by atoms with van der Waals surface area (Å²) < 4.78 is 5.19. The molecule has 1 atom stereocenters. The van der Waals surface area contributed by atoms with Crippen molar-refractivity contribution in [3.05, 3.63) is 16.1 Å². The molecule has 1 amide bonds. The summed E-state index contributed by atoms with van der Waals surface area (Å²) in [5.74, 6) is 0.240. The first-order valence-corrected chi connectivity index (χ1v) is 6.54. The Hall–Kier alpha value is -0.980. The molecule has 1 aromatic heterocycles. The molecule has 0 spiro atoms. The van der Waals surface area contributed by atoms with Crippen molar-refractivity contribution in [1.29, 1.82) is 0 Å². The lowest BCUT2D eigenvalue weighted by Gasteiger charge is -2.25. The summed E-state index contributed by atoms with van der Waals surface area (Å²) in [6.07, 6.45) is 0.0142. The minimum Gasteiger partial charge on any atom is -0.375 e. The van der Waals surface area contributed by atoms with Gasteiger partial charge in [-0.05, 0) is 6.92 Å². The molecule has 0 bridgehead atoms. The fourth-order valence-corrected chi connectivity index (χ4v) is 2.34. The van der Waals surface area contributed by atoms with Gasteiger partial charge in [0.15, 0.2) is 0 Å². The second-order valence-electron chi connectivity index (χ2n) is 4.13. The van der Waals surface area contributed by atoms with Crippen LogP contribution in [0.15, 0.2) is 5.38 Å². The van der Waals surface area contributed by atoms with E-state index in [-0.39, 0.29) is 17.9 Å². The standard InChI is InChI=1S/C11H17N3O2S/c1-7(16-2)11-14-9(6-17-11)5-13-10(15)8-3-12-4-8/h6-8,12H,3-5H2,1-2H3,(H,13,15). The maximum atomic E-state index is 11.6. The third-order valence-electron chi connectivity index (χ3n) is 2.87. The zero-order valence-corrected chi connectivity index (χ0v) is 10.8. The Labute approximate surface area is 105 Å². The van der Waals surface area contributed by atoms with Crippen LogP contribution in [-0.4, -0.2) is 31.1 Å². The van der Waals surface area contributed by atoms with Crippen molar-refractivity contribution < 1.29 is 9.53 Å². The van der Waals surface area contributed by atoms with Gasteiger partial charge in [-0.2, -0.15) is 0 Å². The van der Waals surface area contributed by atoms with E-state index in [1.807, 2.05) is 12.3 Å². The Morgan fingerprint density at radius 1 is 1.76 bits per heavy atom. The average molecular weight is 255 g/mol. The molecule has 1 saturated heterocycles. The zero-order chi connectivity index (χ0) is 12.3. The highest BCUT2D eigenvalue weighted by Gasteiger charge is 2.24. The molecule has 2 N–H and O–H groups in total. The lowest BCUT2D eigenvalue weighted by atomic mass is 10.0. The monoisotopic (exact) mass is 255 g/mol. The third-order valence-corrected chi connectivity index (χ3v) is 3.92. The second kappa shape index (κ2) is 5.57. The molecule has 17 heavy (non-hydrogen) atoms. The first-order chi connectivity index (χ1) is 8.20. The van der Waals surface area contributed by atoms with Crippen molar-refractivity contribution in [2.24, 2.45) is 5.92 Å². The summed E-state index contributed by atoms with van der Waals surface area (Å²) in [5.41, 5.74) is 0.898. The summed E-state index contributed by atoms with van der Waals surface area (Å²) in [6, 6.07) is 0. The van der Waals surface area contributed by atoms with Crippen LogP contribution in [0.2, 0.25) is 0 Å². The number of aromatic nitrogens is 1. The van der Waals surface area contributed by atoms with Crippen LogP contribution in [0.5, 0.6) is 0 Å². The predicted molar refractivity (Wildman–Crippen MR) is 65.7 cm³/mol. The highest BCUT2D eigenvalue weighted by Crippen LogP contribution is 2.20. The first-order valence-electron chi connectivity index (χ1n) is 5.66.